The summed E-state index contributed by atoms with van der Waals surface area (Å²) in [5, 5.41) is 11.2. The van der Waals surface area contributed by atoms with Crippen LogP contribution in [0.5, 0.6) is 0 Å². The number of carbonyl (C=O) groups excluding carboxylic acids is 2. The summed E-state index contributed by atoms with van der Waals surface area (Å²) >= 11 is 0. The van der Waals surface area contributed by atoms with Crippen LogP contribution < -0.4 is 5.32 Å². The molecule has 5 nitrogen and oxygen atoms in total. The lowest BCUT2D eigenvalue weighted by atomic mass is 9.87. The van der Waals surface area contributed by atoms with Crippen molar-refractivity contribution in [2.45, 2.75) is 5.92 Å². The van der Waals surface area contributed by atoms with E-state index in [2.05, 4.69) is 5.32 Å². The molecule has 2 aromatic carbocycles. The zero-order valence-electron chi connectivity index (χ0n) is 14.2. The quantitative estimate of drug-likeness (QED) is 0.841. The number of hydrogen-bond donors (Lipinski definition) is 1. The Labute approximate surface area is 153 Å². The van der Waals surface area contributed by atoms with Gasteiger partial charge in [-0.1, -0.05) is 12.1 Å². The summed E-state index contributed by atoms with van der Waals surface area (Å²) in [4.78, 5) is 26.4. The van der Waals surface area contributed by atoms with E-state index in [0.29, 0.717) is 5.56 Å². The molecule has 1 N–H and O–H groups in total. The molecule has 8 heteroatoms. The third-order valence-corrected chi connectivity index (χ3v) is 4.55. The SMILES string of the molecule is CN1C[C@H](c2ccc(F)c(C#N)c2)[C@@H](C(=O)Nc2cccc(F)c2F)C1=O. The summed E-state index contributed by atoms with van der Waals surface area (Å²) in [6.45, 7) is 0.166. The van der Waals surface area contributed by atoms with Crippen LogP contribution in [-0.2, 0) is 9.59 Å². The summed E-state index contributed by atoms with van der Waals surface area (Å²) in [5.41, 5.74) is -0.145. The Morgan fingerprint density at radius 2 is 1.96 bits per heavy atom. The second-order valence-corrected chi connectivity index (χ2v) is 6.24. The molecule has 0 aromatic heterocycles. The van der Waals surface area contributed by atoms with E-state index in [1.54, 1.807) is 6.07 Å². The van der Waals surface area contributed by atoms with Gasteiger partial charge in [-0.15, -0.1) is 0 Å². The molecular weight excluding hydrogens is 359 g/mol. The van der Waals surface area contributed by atoms with E-state index in [-0.39, 0.29) is 17.8 Å². The van der Waals surface area contributed by atoms with Gasteiger partial charge in [0.1, 0.15) is 17.8 Å². The Morgan fingerprint density at radius 1 is 1.22 bits per heavy atom. The molecule has 0 spiro atoms. The maximum Gasteiger partial charge on any atom is 0.237 e. The van der Waals surface area contributed by atoms with E-state index in [1.807, 2.05) is 0 Å². The smallest absolute Gasteiger partial charge is 0.237 e. The molecule has 1 saturated heterocycles. The predicted octanol–water partition coefficient (Wildman–Crippen LogP) is 2.79. The van der Waals surface area contributed by atoms with Gasteiger partial charge in [0.05, 0.1) is 11.3 Å². The Kier molecular flexibility index (Phi) is 4.86. The van der Waals surface area contributed by atoms with Crippen LogP contribution in [0.4, 0.5) is 18.9 Å². The van der Waals surface area contributed by atoms with E-state index in [1.165, 1.54) is 36.2 Å². The van der Waals surface area contributed by atoms with Gasteiger partial charge < -0.3 is 10.2 Å². The van der Waals surface area contributed by atoms with Gasteiger partial charge >= 0.3 is 0 Å². The molecule has 0 saturated carbocycles. The average molecular weight is 373 g/mol. The van der Waals surface area contributed by atoms with Gasteiger partial charge in [0.25, 0.3) is 0 Å². The number of carbonyl (C=O) groups is 2. The number of anilines is 1. The highest BCUT2D eigenvalue weighted by Gasteiger charge is 2.44. The predicted molar refractivity (Wildman–Crippen MR) is 90.0 cm³/mol. The van der Waals surface area contributed by atoms with Crippen molar-refractivity contribution < 1.29 is 22.8 Å². The first-order valence-electron chi connectivity index (χ1n) is 8.03. The molecule has 138 valence electrons. The van der Waals surface area contributed by atoms with Crippen LogP contribution in [0.3, 0.4) is 0 Å². The lowest BCUT2D eigenvalue weighted by Gasteiger charge is -2.17. The molecule has 2 amide bonds. The number of benzene rings is 2. The molecule has 0 aliphatic carbocycles. The van der Waals surface area contributed by atoms with Crippen molar-refractivity contribution in [2.24, 2.45) is 5.92 Å². The molecular formula is C19H14F3N3O2. The molecule has 1 heterocycles. The number of rotatable bonds is 3. The lowest BCUT2D eigenvalue weighted by molar-refractivity contribution is -0.135. The molecule has 3 rings (SSSR count). The third kappa shape index (κ3) is 3.36. The highest BCUT2D eigenvalue weighted by Crippen LogP contribution is 2.35. The summed E-state index contributed by atoms with van der Waals surface area (Å²) in [6.07, 6.45) is 0. The summed E-state index contributed by atoms with van der Waals surface area (Å²) in [7, 11) is 1.50. The number of hydrogen-bond acceptors (Lipinski definition) is 3. The third-order valence-electron chi connectivity index (χ3n) is 4.55. The molecule has 1 aliphatic heterocycles. The minimum atomic E-state index is -1.23. The number of likely N-dealkylation sites (tertiary alicyclic amines) is 1. The van der Waals surface area contributed by atoms with Crippen molar-refractivity contribution >= 4 is 17.5 Å². The van der Waals surface area contributed by atoms with Crippen LogP contribution in [-0.4, -0.2) is 30.3 Å². The van der Waals surface area contributed by atoms with Crippen molar-refractivity contribution in [3.8, 4) is 6.07 Å². The largest absolute Gasteiger partial charge is 0.344 e. The van der Waals surface area contributed by atoms with Crippen molar-refractivity contribution in [1.82, 2.24) is 4.90 Å². The minimum Gasteiger partial charge on any atom is -0.344 e. The molecule has 0 radical (unpaired) electrons. The number of nitriles is 1. The van der Waals surface area contributed by atoms with E-state index < -0.39 is 41.1 Å². The Bertz CT molecular complexity index is 971. The fourth-order valence-electron chi connectivity index (χ4n) is 3.16. The number of nitrogens with zero attached hydrogens (tertiary/aromatic N) is 2. The van der Waals surface area contributed by atoms with Crippen LogP contribution in [0.25, 0.3) is 0 Å². The first-order chi connectivity index (χ1) is 12.8. The van der Waals surface area contributed by atoms with E-state index in [0.717, 1.165) is 12.1 Å². The molecule has 2 aromatic rings. The van der Waals surface area contributed by atoms with Crippen LogP contribution in [0.15, 0.2) is 36.4 Å². The van der Waals surface area contributed by atoms with Crippen LogP contribution >= 0.6 is 0 Å². The molecule has 1 fully saturated rings. The average Bonchev–Trinajstić information content (AvgIpc) is 2.94. The minimum absolute atomic E-state index is 0.166. The highest BCUT2D eigenvalue weighted by atomic mass is 19.2. The molecule has 0 bridgehead atoms. The summed E-state index contributed by atoms with van der Waals surface area (Å²) in [5.74, 6) is -6.24. The van der Waals surface area contributed by atoms with Gasteiger partial charge in [-0.25, -0.2) is 13.2 Å². The van der Waals surface area contributed by atoms with Crippen LogP contribution in [0, 0.1) is 34.7 Å². The zero-order chi connectivity index (χ0) is 19.7. The Balaban J connectivity index is 1.93. The first kappa shape index (κ1) is 18.5. The molecule has 1 aliphatic rings. The fraction of sp³-hybridized carbons (Fsp3) is 0.211. The topological polar surface area (TPSA) is 73.2 Å². The second kappa shape index (κ2) is 7.11. The van der Waals surface area contributed by atoms with Crippen LogP contribution in [0.2, 0.25) is 0 Å². The van der Waals surface area contributed by atoms with Gasteiger partial charge in [0.15, 0.2) is 11.6 Å². The zero-order valence-corrected chi connectivity index (χ0v) is 14.2. The number of nitrogens with one attached hydrogen (secondary N) is 1. The molecule has 0 unspecified atom stereocenters. The monoisotopic (exact) mass is 373 g/mol. The van der Waals surface area contributed by atoms with E-state index >= 15 is 0 Å². The molecule has 27 heavy (non-hydrogen) atoms. The standard InChI is InChI=1S/C19H14F3N3O2/c1-25-9-12(10-5-6-13(20)11(7-10)8-23)16(19(25)27)18(26)24-15-4-2-3-14(21)17(15)22/h2-7,12,16H,9H2,1H3,(H,24,26)/t12-,16+/m1/s1. The van der Waals surface area contributed by atoms with E-state index in [9.17, 15) is 22.8 Å². The Morgan fingerprint density at radius 3 is 2.67 bits per heavy atom. The maximum atomic E-state index is 13.8. The van der Waals surface area contributed by atoms with E-state index in [4.69, 9.17) is 5.26 Å². The summed E-state index contributed by atoms with van der Waals surface area (Å²) in [6, 6.07) is 8.81. The summed E-state index contributed by atoms with van der Waals surface area (Å²) < 4.78 is 40.7. The van der Waals surface area contributed by atoms with Crippen LogP contribution in [0.1, 0.15) is 17.0 Å². The normalized spacial score (nSPS) is 19.1. The maximum absolute atomic E-state index is 13.8. The van der Waals surface area contributed by atoms with Crippen molar-refractivity contribution in [3.05, 3.63) is 65.0 Å². The first-order valence-corrected chi connectivity index (χ1v) is 8.03. The number of amides is 2. The van der Waals surface area contributed by atoms with Gasteiger partial charge in [-0.05, 0) is 29.8 Å². The van der Waals surface area contributed by atoms with Gasteiger partial charge in [0.2, 0.25) is 11.8 Å². The van der Waals surface area contributed by atoms with Crippen molar-refractivity contribution in [1.29, 1.82) is 5.26 Å². The van der Waals surface area contributed by atoms with Crippen molar-refractivity contribution in [2.75, 3.05) is 18.9 Å². The molecule has 2 atom stereocenters. The fourth-order valence-corrected chi connectivity index (χ4v) is 3.16. The van der Waals surface area contributed by atoms with Gasteiger partial charge in [-0.3, -0.25) is 9.59 Å². The second-order valence-electron chi connectivity index (χ2n) is 6.24. The van der Waals surface area contributed by atoms with Gasteiger partial charge in [-0.2, -0.15) is 5.26 Å². The highest BCUT2D eigenvalue weighted by molar-refractivity contribution is 6.08. The Hall–Kier alpha value is -3.34. The number of likely N-dealkylation sites (N-methyl/N-ethyl adjacent to an activating group) is 1. The number of halogens is 3. The van der Waals surface area contributed by atoms with Gasteiger partial charge in [0, 0.05) is 19.5 Å². The lowest BCUT2D eigenvalue weighted by Crippen LogP contribution is -2.33. The van der Waals surface area contributed by atoms with Crippen molar-refractivity contribution in [3.63, 3.8) is 0 Å².